The maximum Gasteiger partial charge on any atom is 0.228 e. The third-order valence-corrected chi connectivity index (χ3v) is 4.24. The predicted molar refractivity (Wildman–Crippen MR) is 70.7 cm³/mol. The molecule has 0 unspecified atom stereocenters. The molecule has 3 rings (SSSR count). The van der Waals surface area contributed by atoms with E-state index < -0.39 is 0 Å². The summed E-state index contributed by atoms with van der Waals surface area (Å²) >= 11 is 0. The lowest BCUT2D eigenvalue weighted by molar-refractivity contribution is -0.137. The van der Waals surface area contributed by atoms with Crippen molar-refractivity contribution in [1.82, 2.24) is 14.5 Å². The van der Waals surface area contributed by atoms with Gasteiger partial charge in [0.15, 0.2) is 0 Å². The van der Waals surface area contributed by atoms with Crippen LogP contribution in [0.1, 0.15) is 31.1 Å². The first-order valence-electron chi connectivity index (χ1n) is 7.11. The smallest absolute Gasteiger partial charge is 0.228 e. The molecule has 5 nitrogen and oxygen atoms in total. The minimum Gasteiger partial charge on any atom is -0.381 e. The number of carbonyl (C=O) groups excluding carboxylic acids is 1. The number of nitrogens with zero attached hydrogens (tertiary/aromatic N) is 3. The summed E-state index contributed by atoms with van der Waals surface area (Å²) in [5.41, 5.74) is 0. The van der Waals surface area contributed by atoms with Gasteiger partial charge in [0, 0.05) is 32.1 Å². The second kappa shape index (κ2) is 5.33. The Morgan fingerprint density at radius 3 is 3.05 bits per heavy atom. The monoisotopic (exact) mass is 263 g/mol. The molecule has 1 amide bonds. The zero-order chi connectivity index (χ0) is 13.2. The molecule has 0 radical (unpaired) electrons. The molecule has 2 aliphatic heterocycles. The average molecular weight is 263 g/mol. The van der Waals surface area contributed by atoms with Gasteiger partial charge in [-0.05, 0) is 26.2 Å². The van der Waals surface area contributed by atoms with Crippen molar-refractivity contribution in [1.29, 1.82) is 0 Å². The van der Waals surface area contributed by atoms with Crippen LogP contribution in [0.2, 0.25) is 0 Å². The van der Waals surface area contributed by atoms with Crippen LogP contribution < -0.4 is 0 Å². The van der Waals surface area contributed by atoms with Crippen molar-refractivity contribution in [3.8, 4) is 0 Å². The van der Waals surface area contributed by atoms with Crippen LogP contribution in [-0.4, -0.2) is 46.7 Å². The van der Waals surface area contributed by atoms with E-state index in [1.807, 2.05) is 24.2 Å². The van der Waals surface area contributed by atoms with E-state index in [2.05, 4.69) is 9.55 Å². The minimum atomic E-state index is 0.0858. The van der Waals surface area contributed by atoms with Gasteiger partial charge in [0.1, 0.15) is 5.82 Å². The van der Waals surface area contributed by atoms with Crippen LogP contribution in [0.15, 0.2) is 12.4 Å². The van der Waals surface area contributed by atoms with E-state index in [0.29, 0.717) is 12.6 Å². The molecule has 0 saturated carbocycles. The highest BCUT2D eigenvalue weighted by Gasteiger charge is 2.31. The molecule has 2 aliphatic rings. The second-order valence-corrected chi connectivity index (χ2v) is 5.52. The molecule has 1 aromatic heterocycles. The first kappa shape index (κ1) is 12.7. The van der Waals surface area contributed by atoms with Gasteiger partial charge in [0.2, 0.25) is 5.91 Å². The highest BCUT2D eigenvalue weighted by atomic mass is 16.5. The number of aromatic nitrogens is 2. The lowest BCUT2D eigenvalue weighted by atomic mass is 10.0. The molecule has 0 N–H and O–H groups in total. The van der Waals surface area contributed by atoms with E-state index in [-0.39, 0.29) is 11.8 Å². The summed E-state index contributed by atoms with van der Waals surface area (Å²) in [6.45, 7) is 5.05. The summed E-state index contributed by atoms with van der Waals surface area (Å²) in [7, 11) is 0. The van der Waals surface area contributed by atoms with E-state index >= 15 is 0 Å². The predicted octanol–water partition coefficient (Wildman–Crippen LogP) is 1.39. The summed E-state index contributed by atoms with van der Waals surface area (Å²) < 4.78 is 7.52. The summed E-state index contributed by atoms with van der Waals surface area (Å²) in [6, 6.07) is 0.377. The molecule has 19 heavy (non-hydrogen) atoms. The van der Waals surface area contributed by atoms with E-state index in [1.54, 1.807) is 0 Å². The van der Waals surface area contributed by atoms with E-state index in [4.69, 9.17) is 4.74 Å². The van der Waals surface area contributed by atoms with Crippen LogP contribution in [0.5, 0.6) is 0 Å². The van der Waals surface area contributed by atoms with Crippen LogP contribution in [0.25, 0.3) is 0 Å². The Labute approximate surface area is 113 Å². The molecular formula is C14H21N3O2. The SMILES string of the molecule is Cc1nccn1[C@H]1CCCN(C(=O)[C@@H]2CCOC2)C1. The van der Waals surface area contributed by atoms with Gasteiger partial charge < -0.3 is 14.2 Å². The van der Waals surface area contributed by atoms with E-state index in [0.717, 1.165) is 44.8 Å². The minimum absolute atomic E-state index is 0.0858. The Bertz CT molecular complexity index is 451. The van der Waals surface area contributed by atoms with Gasteiger partial charge in [-0.15, -0.1) is 0 Å². The third-order valence-electron chi connectivity index (χ3n) is 4.24. The third kappa shape index (κ3) is 2.52. The van der Waals surface area contributed by atoms with Crippen molar-refractivity contribution in [3.63, 3.8) is 0 Å². The Kier molecular flexibility index (Phi) is 3.55. The maximum atomic E-state index is 12.4. The van der Waals surface area contributed by atoms with Gasteiger partial charge in [-0.1, -0.05) is 0 Å². The molecule has 104 valence electrons. The van der Waals surface area contributed by atoms with Crippen molar-refractivity contribution >= 4 is 5.91 Å². The standard InChI is InChI=1S/C14H21N3O2/c1-11-15-5-7-17(11)13-3-2-6-16(9-13)14(18)12-4-8-19-10-12/h5,7,12-13H,2-4,6,8-10H2,1H3/t12-,13+/m1/s1. The number of rotatable bonds is 2. The van der Waals surface area contributed by atoms with E-state index in [9.17, 15) is 4.79 Å². The van der Waals surface area contributed by atoms with Crippen molar-refractivity contribution in [3.05, 3.63) is 18.2 Å². The largest absolute Gasteiger partial charge is 0.381 e. The fourth-order valence-corrected chi connectivity index (χ4v) is 3.14. The highest BCUT2D eigenvalue weighted by molar-refractivity contribution is 5.79. The molecule has 0 aliphatic carbocycles. The Hall–Kier alpha value is -1.36. The zero-order valence-electron chi connectivity index (χ0n) is 11.4. The molecule has 0 aromatic carbocycles. The summed E-state index contributed by atoms with van der Waals surface area (Å²) in [5.74, 6) is 1.39. The van der Waals surface area contributed by atoms with Gasteiger partial charge in [-0.3, -0.25) is 4.79 Å². The molecular weight excluding hydrogens is 242 g/mol. The Morgan fingerprint density at radius 1 is 1.47 bits per heavy atom. The number of carbonyl (C=O) groups is 1. The number of amides is 1. The van der Waals surface area contributed by atoms with Crippen molar-refractivity contribution < 1.29 is 9.53 Å². The van der Waals surface area contributed by atoms with Gasteiger partial charge in [-0.2, -0.15) is 0 Å². The Balaban J connectivity index is 1.68. The summed E-state index contributed by atoms with van der Waals surface area (Å²) in [4.78, 5) is 18.7. The molecule has 2 fully saturated rings. The number of imidazole rings is 1. The summed E-state index contributed by atoms with van der Waals surface area (Å²) in [5, 5.41) is 0. The first-order valence-corrected chi connectivity index (χ1v) is 7.11. The maximum absolute atomic E-state index is 12.4. The number of aryl methyl sites for hydroxylation is 1. The molecule has 5 heteroatoms. The molecule has 2 atom stereocenters. The van der Waals surface area contributed by atoms with Crippen LogP contribution in [0.3, 0.4) is 0 Å². The first-order chi connectivity index (χ1) is 9.25. The van der Waals surface area contributed by atoms with Crippen LogP contribution in [-0.2, 0) is 9.53 Å². The lowest BCUT2D eigenvalue weighted by Gasteiger charge is -2.35. The van der Waals surface area contributed by atoms with Gasteiger partial charge >= 0.3 is 0 Å². The van der Waals surface area contributed by atoms with Gasteiger partial charge in [-0.25, -0.2) is 4.98 Å². The Morgan fingerprint density at radius 2 is 2.37 bits per heavy atom. The van der Waals surface area contributed by atoms with Crippen LogP contribution in [0.4, 0.5) is 0 Å². The van der Waals surface area contributed by atoms with E-state index in [1.165, 1.54) is 0 Å². The quantitative estimate of drug-likeness (QED) is 0.810. The van der Waals surface area contributed by atoms with Gasteiger partial charge in [0.25, 0.3) is 0 Å². The number of piperidine rings is 1. The molecule has 3 heterocycles. The van der Waals surface area contributed by atoms with Crippen LogP contribution >= 0.6 is 0 Å². The van der Waals surface area contributed by atoms with Crippen LogP contribution in [0, 0.1) is 12.8 Å². The second-order valence-electron chi connectivity index (χ2n) is 5.52. The zero-order valence-corrected chi connectivity index (χ0v) is 11.4. The number of hydrogen-bond acceptors (Lipinski definition) is 3. The van der Waals surface area contributed by atoms with Crippen molar-refractivity contribution in [2.75, 3.05) is 26.3 Å². The molecule has 1 aromatic rings. The number of likely N-dealkylation sites (tertiary alicyclic amines) is 1. The fourth-order valence-electron chi connectivity index (χ4n) is 3.14. The normalized spacial score (nSPS) is 27.7. The molecule has 2 saturated heterocycles. The molecule has 0 bridgehead atoms. The lowest BCUT2D eigenvalue weighted by Crippen LogP contribution is -2.43. The number of ether oxygens (including phenoxy) is 1. The number of hydrogen-bond donors (Lipinski definition) is 0. The van der Waals surface area contributed by atoms with Crippen molar-refractivity contribution in [2.24, 2.45) is 5.92 Å². The van der Waals surface area contributed by atoms with Crippen molar-refractivity contribution in [2.45, 2.75) is 32.2 Å². The topological polar surface area (TPSA) is 47.4 Å². The average Bonchev–Trinajstić information content (AvgIpc) is 3.09. The fraction of sp³-hybridized carbons (Fsp3) is 0.714. The molecule has 0 spiro atoms. The van der Waals surface area contributed by atoms with Gasteiger partial charge in [0.05, 0.1) is 18.6 Å². The highest BCUT2D eigenvalue weighted by Crippen LogP contribution is 2.25. The summed E-state index contributed by atoms with van der Waals surface area (Å²) in [6.07, 6.45) is 6.93.